The van der Waals surface area contributed by atoms with Crippen molar-refractivity contribution in [2.75, 3.05) is 19.6 Å². The van der Waals surface area contributed by atoms with E-state index in [9.17, 15) is 22.8 Å². The van der Waals surface area contributed by atoms with Gasteiger partial charge in [-0.2, -0.15) is 13.2 Å². The fourth-order valence-corrected chi connectivity index (χ4v) is 4.05. The number of likely N-dealkylation sites (tertiary alicyclic amines) is 1. The lowest BCUT2D eigenvalue weighted by atomic mass is 9.82. The van der Waals surface area contributed by atoms with E-state index in [4.69, 9.17) is 4.74 Å². The van der Waals surface area contributed by atoms with Crippen LogP contribution in [0.5, 0.6) is 0 Å². The van der Waals surface area contributed by atoms with Crippen molar-refractivity contribution in [2.24, 2.45) is 11.8 Å². The number of fused-ring (bicyclic) bond motifs is 1. The number of hydrogen-bond acceptors (Lipinski definition) is 5. The lowest BCUT2D eigenvalue weighted by molar-refractivity contribution is -0.148. The molecule has 2 aliphatic heterocycles. The molecule has 2 amide bonds. The Labute approximate surface area is 173 Å². The first-order valence-electron chi connectivity index (χ1n) is 10.2. The van der Waals surface area contributed by atoms with E-state index in [0.717, 1.165) is 4.57 Å². The van der Waals surface area contributed by atoms with Gasteiger partial charge in [0.1, 0.15) is 5.60 Å². The largest absolute Gasteiger partial charge is 0.451 e. The molecule has 0 radical (unpaired) electrons. The van der Waals surface area contributed by atoms with E-state index in [1.54, 1.807) is 30.6 Å². The molecule has 8 nitrogen and oxygen atoms in total. The molecule has 0 saturated carbocycles. The number of halogens is 3. The van der Waals surface area contributed by atoms with Crippen LogP contribution in [0.15, 0.2) is 0 Å². The standard InChI is InChI=1S/C19H28F3N5O3/c1-5-12-10-26(17(29)30-18(2,3)4)7-6-13(12)15(28)25-8-9-27-14(11-25)23-24-16(27)19(20,21)22/h12-13H,5-11H2,1-4H3/t12-,13+/m1/s1. The summed E-state index contributed by atoms with van der Waals surface area (Å²) in [6.45, 7) is 8.39. The summed E-state index contributed by atoms with van der Waals surface area (Å²) in [5, 5.41) is 6.90. The van der Waals surface area contributed by atoms with Gasteiger partial charge in [0.05, 0.1) is 6.54 Å². The van der Waals surface area contributed by atoms with Crippen molar-refractivity contribution in [3.8, 4) is 0 Å². The van der Waals surface area contributed by atoms with Crippen molar-refractivity contribution in [1.29, 1.82) is 0 Å². The van der Waals surface area contributed by atoms with Crippen LogP contribution in [0.3, 0.4) is 0 Å². The van der Waals surface area contributed by atoms with Gasteiger partial charge in [-0.05, 0) is 33.1 Å². The molecule has 2 aliphatic rings. The molecule has 3 heterocycles. The lowest BCUT2D eigenvalue weighted by Crippen LogP contribution is -2.51. The summed E-state index contributed by atoms with van der Waals surface area (Å²) in [5.74, 6) is -1.31. The van der Waals surface area contributed by atoms with E-state index >= 15 is 0 Å². The van der Waals surface area contributed by atoms with Gasteiger partial charge in [0, 0.05) is 32.1 Å². The van der Waals surface area contributed by atoms with Crippen LogP contribution in [0, 0.1) is 11.8 Å². The zero-order valence-corrected chi connectivity index (χ0v) is 17.7. The second-order valence-corrected chi connectivity index (χ2v) is 8.84. The normalized spacial score (nSPS) is 22.6. The third kappa shape index (κ3) is 4.70. The molecule has 0 aliphatic carbocycles. The van der Waals surface area contributed by atoms with Crippen molar-refractivity contribution in [2.45, 2.75) is 65.4 Å². The Kier molecular flexibility index (Phi) is 6.01. The van der Waals surface area contributed by atoms with Crippen LogP contribution in [0.1, 0.15) is 52.2 Å². The molecule has 1 fully saturated rings. The van der Waals surface area contributed by atoms with Crippen LogP contribution in [0.2, 0.25) is 0 Å². The summed E-state index contributed by atoms with van der Waals surface area (Å²) in [6.07, 6.45) is -3.76. The van der Waals surface area contributed by atoms with Crippen LogP contribution in [-0.4, -0.2) is 61.8 Å². The van der Waals surface area contributed by atoms with Crippen LogP contribution >= 0.6 is 0 Å². The number of rotatable bonds is 2. The maximum Gasteiger partial charge on any atom is 0.451 e. The van der Waals surface area contributed by atoms with E-state index in [-0.39, 0.29) is 43.2 Å². The number of nitrogens with zero attached hydrogens (tertiary/aromatic N) is 5. The predicted octanol–water partition coefficient (Wildman–Crippen LogP) is 2.92. The van der Waals surface area contributed by atoms with Gasteiger partial charge in [0.15, 0.2) is 5.82 Å². The number of carbonyl (C=O) groups is 2. The predicted molar refractivity (Wildman–Crippen MR) is 100 cm³/mol. The van der Waals surface area contributed by atoms with Gasteiger partial charge in [0.25, 0.3) is 0 Å². The van der Waals surface area contributed by atoms with Gasteiger partial charge in [-0.15, -0.1) is 10.2 Å². The van der Waals surface area contributed by atoms with Crippen molar-refractivity contribution in [3.63, 3.8) is 0 Å². The third-order valence-corrected chi connectivity index (χ3v) is 5.55. The van der Waals surface area contributed by atoms with E-state index in [1.165, 1.54) is 0 Å². The molecular weight excluding hydrogens is 403 g/mol. The number of carbonyl (C=O) groups excluding carboxylic acids is 2. The molecule has 1 saturated heterocycles. The molecule has 0 N–H and O–H groups in total. The Morgan fingerprint density at radius 3 is 2.40 bits per heavy atom. The van der Waals surface area contributed by atoms with Gasteiger partial charge < -0.3 is 19.1 Å². The monoisotopic (exact) mass is 431 g/mol. The van der Waals surface area contributed by atoms with Gasteiger partial charge >= 0.3 is 12.3 Å². The van der Waals surface area contributed by atoms with Gasteiger partial charge in [0.2, 0.25) is 11.7 Å². The lowest BCUT2D eigenvalue weighted by Gasteiger charge is -2.40. The Balaban J connectivity index is 1.66. The summed E-state index contributed by atoms with van der Waals surface area (Å²) in [7, 11) is 0. The van der Waals surface area contributed by atoms with E-state index in [0.29, 0.717) is 25.9 Å². The fourth-order valence-electron chi connectivity index (χ4n) is 4.05. The molecule has 0 spiro atoms. The minimum atomic E-state index is -4.57. The summed E-state index contributed by atoms with van der Waals surface area (Å²) < 4.78 is 45.5. The second-order valence-electron chi connectivity index (χ2n) is 8.84. The first kappa shape index (κ1) is 22.4. The average Bonchev–Trinajstić information content (AvgIpc) is 3.09. The summed E-state index contributed by atoms with van der Waals surface area (Å²) >= 11 is 0. The highest BCUT2D eigenvalue weighted by molar-refractivity contribution is 5.80. The zero-order chi connectivity index (χ0) is 22.3. The minimum Gasteiger partial charge on any atom is -0.444 e. The van der Waals surface area contributed by atoms with Crippen LogP contribution in [-0.2, 0) is 28.8 Å². The number of ether oxygens (including phenoxy) is 1. The van der Waals surface area contributed by atoms with Crippen LogP contribution in [0.25, 0.3) is 0 Å². The molecule has 1 aromatic heterocycles. The highest BCUT2D eigenvalue weighted by Gasteiger charge is 2.42. The van der Waals surface area contributed by atoms with Crippen molar-refractivity contribution >= 4 is 12.0 Å². The molecule has 3 rings (SSSR count). The first-order valence-corrected chi connectivity index (χ1v) is 10.2. The molecule has 0 aromatic carbocycles. The maximum absolute atomic E-state index is 13.2. The molecule has 30 heavy (non-hydrogen) atoms. The third-order valence-electron chi connectivity index (χ3n) is 5.55. The zero-order valence-electron chi connectivity index (χ0n) is 17.7. The Morgan fingerprint density at radius 1 is 1.10 bits per heavy atom. The number of amides is 2. The Morgan fingerprint density at radius 2 is 1.80 bits per heavy atom. The highest BCUT2D eigenvalue weighted by Crippen LogP contribution is 2.32. The molecule has 11 heteroatoms. The molecule has 0 unspecified atom stereocenters. The number of aromatic nitrogens is 3. The molecule has 2 atom stereocenters. The van der Waals surface area contributed by atoms with Gasteiger partial charge in [-0.1, -0.05) is 13.3 Å². The maximum atomic E-state index is 13.2. The molecule has 1 aromatic rings. The van der Waals surface area contributed by atoms with E-state index in [2.05, 4.69) is 10.2 Å². The second kappa shape index (κ2) is 8.07. The minimum absolute atomic E-state index is 0.00459. The molecular formula is C19H28F3N5O3. The number of piperidine rings is 1. The van der Waals surface area contributed by atoms with Crippen LogP contribution in [0.4, 0.5) is 18.0 Å². The smallest absolute Gasteiger partial charge is 0.444 e. The quantitative estimate of drug-likeness (QED) is 0.719. The fraction of sp³-hybridized carbons (Fsp3) is 0.789. The van der Waals surface area contributed by atoms with Crippen molar-refractivity contribution in [1.82, 2.24) is 24.6 Å². The van der Waals surface area contributed by atoms with Crippen molar-refractivity contribution in [3.05, 3.63) is 11.6 Å². The summed E-state index contributed by atoms with van der Waals surface area (Å²) in [6, 6.07) is 0. The van der Waals surface area contributed by atoms with Gasteiger partial charge in [-0.25, -0.2) is 4.79 Å². The topological polar surface area (TPSA) is 80.6 Å². The average molecular weight is 431 g/mol. The van der Waals surface area contributed by atoms with E-state index < -0.39 is 23.7 Å². The first-order chi connectivity index (χ1) is 13.9. The number of hydrogen-bond donors (Lipinski definition) is 0. The van der Waals surface area contributed by atoms with Crippen molar-refractivity contribution < 1.29 is 27.5 Å². The Bertz CT molecular complexity index is 802. The SMILES string of the molecule is CC[C@@H]1CN(C(=O)OC(C)(C)C)CC[C@@H]1C(=O)N1CCn2c(nnc2C(F)(F)F)C1. The molecule has 168 valence electrons. The molecule has 0 bridgehead atoms. The van der Waals surface area contributed by atoms with Crippen LogP contribution < -0.4 is 0 Å². The summed E-state index contributed by atoms with van der Waals surface area (Å²) in [5.41, 5.74) is -0.593. The number of alkyl halides is 3. The van der Waals surface area contributed by atoms with E-state index in [1.807, 2.05) is 6.92 Å². The Hall–Kier alpha value is -2.33. The highest BCUT2D eigenvalue weighted by atomic mass is 19.4. The van der Waals surface area contributed by atoms with Gasteiger partial charge in [-0.3, -0.25) is 4.79 Å². The summed E-state index contributed by atoms with van der Waals surface area (Å²) in [4.78, 5) is 28.7.